The Kier molecular flexibility index (Phi) is 4.59. The van der Waals surface area contributed by atoms with Gasteiger partial charge in [-0.05, 0) is 30.9 Å². The van der Waals surface area contributed by atoms with E-state index in [1.54, 1.807) is 0 Å². The molecule has 3 heteroatoms. The number of hydrogen-bond donors (Lipinski definition) is 2. The van der Waals surface area contributed by atoms with Gasteiger partial charge in [0.2, 0.25) is 0 Å². The molecule has 1 aliphatic carbocycles. The first-order valence-corrected chi connectivity index (χ1v) is 7.30. The molecule has 0 spiro atoms. The molecule has 0 bridgehead atoms. The normalized spacial score (nSPS) is 18.0. The second-order valence-electron chi connectivity index (χ2n) is 5.62. The first kappa shape index (κ1) is 14.1. The van der Waals surface area contributed by atoms with Crippen molar-refractivity contribution in [2.45, 2.75) is 51.0 Å². The minimum atomic E-state index is -0.199. The molecular weight excluding hydrogens is 236 g/mol. The maximum Gasteiger partial charge on any atom is 0.251 e. The molecule has 1 aliphatic rings. The van der Waals surface area contributed by atoms with E-state index in [1.165, 1.54) is 19.3 Å². The first-order chi connectivity index (χ1) is 9.14. The van der Waals surface area contributed by atoms with Crippen LogP contribution in [0.4, 0.5) is 0 Å². The number of carbonyl (C=O) groups excluding carboxylic acids is 1. The number of nitrogens with one attached hydrogen (secondary N) is 1. The van der Waals surface area contributed by atoms with E-state index in [-0.39, 0.29) is 11.4 Å². The van der Waals surface area contributed by atoms with Gasteiger partial charge in [-0.3, -0.25) is 4.79 Å². The van der Waals surface area contributed by atoms with Crippen molar-refractivity contribution in [1.82, 2.24) is 5.32 Å². The maximum atomic E-state index is 12.2. The molecule has 0 atom stereocenters. The Morgan fingerprint density at radius 2 is 1.95 bits per heavy atom. The van der Waals surface area contributed by atoms with Gasteiger partial charge in [-0.1, -0.05) is 44.4 Å². The molecule has 3 nitrogen and oxygen atoms in total. The smallest absolute Gasteiger partial charge is 0.251 e. The van der Waals surface area contributed by atoms with E-state index in [1.807, 2.05) is 24.3 Å². The van der Waals surface area contributed by atoms with Crippen LogP contribution in [0, 0.1) is 0 Å². The van der Waals surface area contributed by atoms with Crippen molar-refractivity contribution in [3.63, 3.8) is 0 Å². The van der Waals surface area contributed by atoms with E-state index in [2.05, 4.69) is 12.2 Å². The Morgan fingerprint density at radius 3 is 2.63 bits per heavy atom. The highest BCUT2D eigenvalue weighted by atomic mass is 16.1. The monoisotopic (exact) mass is 260 g/mol. The number of carbonyl (C=O) groups is 1. The van der Waals surface area contributed by atoms with E-state index in [0.29, 0.717) is 6.54 Å². The van der Waals surface area contributed by atoms with Gasteiger partial charge in [0.15, 0.2) is 0 Å². The highest BCUT2D eigenvalue weighted by Crippen LogP contribution is 2.25. The molecule has 0 aliphatic heterocycles. The van der Waals surface area contributed by atoms with E-state index in [9.17, 15) is 4.79 Å². The van der Waals surface area contributed by atoms with Crippen LogP contribution in [0.1, 0.15) is 54.9 Å². The van der Waals surface area contributed by atoms with Crippen molar-refractivity contribution < 1.29 is 4.79 Å². The summed E-state index contributed by atoms with van der Waals surface area (Å²) in [6.07, 6.45) is 6.53. The largest absolute Gasteiger partial charge is 0.350 e. The van der Waals surface area contributed by atoms with Gasteiger partial charge in [0.1, 0.15) is 0 Å². The summed E-state index contributed by atoms with van der Waals surface area (Å²) in [5, 5.41) is 3.02. The summed E-state index contributed by atoms with van der Waals surface area (Å²) in [6.45, 7) is 2.65. The third-order valence-corrected chi connectivity index (χ3v) is 4.09. The zero-order chi connectivity index (χ0) is 13.7. The molecule has 1 aromatic rings. The second-order valence-corrected chi connectivity index (χ2v) is 5.62. The zero-order valence-electron chi connectivity index (χ0n) is 11.7. The molecule has 19 heavy (non-hydrogen) atoms. The van der Waals surface area contributed by atoms with Crippen LogP contribution in [-0.2, 0) is 6.42 Å². The van der Waals surface area contributed by atoms with Crippen LogP contribution in [0.5, 0.6) is 0 Å². The van der Waals surface area contributed by atoms with Gasteiger partial charge in [-0.15, -0.1) is 0 Å². The summed E-state index contributed by atoms with van der Waals surface area (Å²) in [5.74, 6) is 0.00727. The van der Waals surface area contributed by atoms with Crippen LogP contribution in [0.15, 0.2) is 24.3 Å². The lowest BCUT2D eigenvalue weighted by Crippen LogP contribution is -2.51. The fraction of sp³-hybridized carbons (Fsp3) is 0.562. The van der Waals surface area contributed by atoms with Gasteiger partial charge < -0.3 is 11.1 Å². The van der Waals surface area contributed by atoms with Gasteiger partial charge >= 0.3 is 0 Å². The van der Waals surface area contributed by atoms with Crippen molar-refractivity contribution in [1.29, 1.82) is 0 Å². The molecule has 0 radical (unpaired) electrons. The molecule has 2 rings (SSSR count). The lowest BCUT2D eigenvalue weighted by Gasteiger charge is -2.33. The third-order valence-electron chi connectivity index (χ3n) is 4.09. The Hall–Kier alpha value is -1.35. The average Bonchev–Trinajstić information content (AvgIpc) is 2.45. The summed E-state index contributed by atoms with van der Waals surface area (Å²) in [5.41, 5.74) is 8.02. The predicted octanol–water partition coefficient (Wildman–Crippen LogP) is 2.64. The molecular formula is C16H24N2O. The Labute approximate surface area is 115 Å². The molecule has 0 unspecified atom stereocenters. The zero-order valence-corrected chi connectivity index (χ0v) is 11.7. The fourth-order valence-electron chi connectivity index (χ4n) is 2.83. The molecule has 1 fully saturated rings. The summed E-state index contributed by atoms with van der Waals surface area (Å²) in [4.78, 5) is 12.2. The molecule has 104 valence electrons. The molecule has 1 saturated carbocycles. The second kappa shape index (κ2) is 6.20. The van der Waals surface area contributed by atoms with E-state index < -0.39 is 0 Å². The Balaban J connectivity index is 1.97. The number of aryl methyl sites for hydroxylation is 1. The number of hydrogen-bond acceptors (Lipinski definition) is 2. The molecule has 0 saturated heterocycles. The fourth-order valence-corrected chi connectivity index (χ4v) is 2.83. The molecule has 1 aromatic carbocycles. The predicted molar refractivity (Wildman–Crippen MR) is 78.2 cm³/mol. The first-order valence-electron chi connectivity index (χ1n) is 7.30. The van der Waals surface area contributed by atoms with Crippen LogP contribution in [-0.4, -0.2) is 18.0 Å². The Bertz CT molecular complexity index is 436. The maximum absolute atomic E-state index is 12.2. The van der Waals surface area contributed by atoms with Crippen LogP contribution in [0.3, 0.4) is 0 Å². The van der Waals surface area contributed by atoms with E-state index >= 15 is 0 Å². The highest BCUT2D eigenvalue weighted by molar-refractivity contribution is 5.95. The topological polar surface area (TPSA) is 55.1 Å². The summed E-state index contributed by atoms with van der Waals surface area (Å²) in [7, 11) is 0. The van der Waals surface area contributed by atoms with Crippen LogP contribution in [0.2, 0.25) is 0 Å². The molecule has 0 heterocycles. The minimum Gasteiger partial charge on any atom is -0.350 e. The number of benzene rings is 1. The summed E-state index contributed by atoms with van der Waals surface area (Å²) in [6, 6.07) is 7.78. The quantitative estimate of drug-likeness (QED) is 0.874. The van der Waals surface area contributed by atoms with Gasteiger partial charge in [0.05, 0.1) is 0 Å². The molecule has 1 amide bonds. The van der Waals surface area contributed by atoms with E-state index in [4.69, 9.17) is 5.73 Å². The molecule has 3 N–H and O–H groups in total. The van der Waals surface area contributed by atoms with Crippen LogP contribution in [0.25, 0.3) is 0 Å². The van der Waals surface area contributed by atoms with Gasteiger partial charge in [-0.25, -0.2) is 0 Å². The summed E-state index contributed by atoms with van der Waals surface area (Å²) < 4.78 is 0. The minimum absolute atomic E-state index is 0.00727. The van der Waals surface area contributed by atoms with Crippen molar-refractivity contribution >= 4 is 5.91 Å². The lowest BCUT2D eigenvalue weighted by atomic mass is 9.82. The van der Waals surface area contributed by atoms with Crippen LogP contribution < -0.4 is 11.1 Å². The van der Waals surface area contributed by atoms with Crippen molar-refractivity contribution in [2.75, 3.05) is 6.54 Å². The Morgan fingerprint density at radius 1 is 1.26 bits per heavy atom. The standard InChI is InChI=1S/C16H24N2O/c1-2-13-8-4-5-9-14(13)15(19)18-12-16(17)10-6-3-7-11-16/h4-5,8-9H,2-3,6-7,10-12,17H2,1H3,(H,18,19). The highest BCUT2D eigenvalue weighted by Gasteiger charge is 2.27. The summed E-state index contributed by atoms with van der Waals surface area (Å²) >= 11 is 0. The lowest BCUT2D eigenvalue weighted by molar-refractivity contribution is 0.0937. The number of amides is 1. The van der Waals surface area contributed by atoms with Crippen molar-refractivity contribution in [3.8, 4) is 0 Å². The van der Waals surface area contributed by atoms with Crippen LogP contribution >= 0.6 is 0 Å². The van der Waals surface area contributed by atoms with Gasteiger partial charge in [0, 0.05) is 17.6 Å². The SMILES string of the molecule is CCc1ccccc1C(=O)NCC1(N)CCCCC1. The van der Waals surface area contributed by atoms with E-state index in [0.717, 1.165) is 30.4 Å². The van der Waals surface area contributed by atoms with Crippen molar-refractivity contribution in [3.05, 3.63) is 35.4 Å². The van der Waals surface area contributed by atoms with Gasteiger partial charge in [0.25, 0.3) is 5.91 Å². The molecule has 0 aromatic heterocycles. The van der Waals surface area contributed by atoms with Crippen molar-refractivity contribution in [2.24, 2.45) is 5.73 Å². The number of rotatable bonds is 4. The number of nitrogens with two attached hydrogens (primary N) is 1. The van der Waals surface area contributed by atoms with Gasteiger partial charge in [-0.2, -0.15) is 0 Å². The third kappa shape index (κ3) is 3.57. The average molecular weight is 260 g/mol.